The molecule has 0 radical (unpaired) electrons. The minimum Gasteiger partial charge on any atom is -0.508 e. The fourth-order valence-electron chi connectivity index (χ4n) is 2.08. The molecule has 0 heterocycles. The number of hydrogen-bond acceptors (Lipinski definition) is 4. The van der Waals surface area contributed by atoms with E-state index >= 15 is 0 Å². The fourth-order valence-corrected chi connectivity index (χ4v) is 3.64. The number of ether oxygens (including phenoxy) is 1. The van der Waals surface area contributed by atoms with Crippen molar-refractivity contribution in [3.05, 3.63) is 47.5 Å². The normalized spacial score (nSPS) is 11.3. The van der Waals surface area contributed by atoms with Crippen LogP contribution in [-0.2, 0) is 9.84 Å². The molecule has 0 aliphatic heterocycles. The molecular formula is C15H16O4S. The van der Waals surface area contributed by atoms with Gasteiger partial charge in [0.2, 0.25) is 9.84 Å². The van der Waals surface area contributed by atoms with Crippen LogP contribution in [0.2, 0.25) is 0 Å². The van der Waals surface area contributed by atoms with Crippen molar-refractivity contribution in [2.75, 3.05) is 7.11 Å². The third-order valence-corrected chi connectivity index (χ3v) is 5.04. The number of aryl methyl sites for hydroxylation is 2. The zero-order valence-electron chi connectivity index (χ0n) is 11.5. The van der Waals surface area contributed by atoms with Gasteiger partial charge in [0.15, 0.2) is 0 Å². The number of rotatable bonds is 3. The van der Waals surface area contributed by atoms with Gasteiger partial charge in [-0.3, -0.25) is 0 Å². The van der Waals surface area contributed by atoms with Crippen molar-refractivity contribution >= 4 is 9.84 Å². The van der Waals surface area contributed by atoms with Gasteiger partial charge in [0, 0.05) is 0 Å². The van der Waals surface area contributed by atoms with Crippen LogP contribution in [0.25, 0.3) is 0 Å². The summed E-state index contributed by atoms with van der Waals surface area (Å²) in [6.45, 7) is 3.45. The maximum absolute atomic E-state index is 12.6. The van der Waals surface area contributed by atoms with Crippen molar-refractivity contribution in [1.82, 2.24) is 0 Å². The van der Waals surface area contributed by atoms with Crippen molar-refractivity contribution in [1.29, 1.82) is 0 Å². The summed E-state index contributed by atoms with van der Waals surface area (Å²) in [4.78, 5) is 0.407. The first-order chi connectivity index (χ1) is 9.36. The second-order valence-corrected chi connectivity index (χ2v) is 6.50. The van der Waals surface area contributed by atoms with Gasteiger partial charge in [0.05, 0.1) is 16.9 Å². The molecule has 0 saturated carbocycles. The van der Waals surface area contributed by atoms with Crippen LogP contribution in [0.3, 0.4) is 0 Å². The van der Waals surface area contributed by atoms with E-state index in [2.05, 4.69) is 0 Å². The highest BCUT2D eigenvalue weighted by Gasteiger charge is 2.20. The lowest BCUT2D eigenvalue weighted by atomic mass is 10.2. The summed E-state index contributed by atoms with van der Waals surface area (Å²) in [6.07, 6.45) is 0. The average Bonchev–Trinajstić information content (AvgIpc) is 2.38. The van der Waals surface area contributed by atoms with Gasteiger partial charge in [0.25, 0.3) is 0 Å². The van der Waals surface area contributed by atoms with Crippen LogP contribution in [0, 0.1) is 13.8 Å². The minimum absolute atomic E-state index is 0.0485. The molecule has 2 aromatic carbocycles. The van der Waals surface area contributed by atoms with Gasteiger partial charge in [-0.2, -0.15) is 0 Å². The second kappa shape index (κ2) is 5.17. The number of methoxy groups -OCH3 is 1. The van der Waals surface area contributed by atoms with Crippen molar-refractivity contribution < 1.29 is 18.3 Å². The fraction of sp³-hybridized carbons (Fsp3) is 0.200. The molecule has 0 spiro atoms. The number of benzene rings is 2. The Bertz CT molecular complexity index is 748. The van der Waals surface area contributed by atoms with Gasteiger partial charge < -0.3 is 9.84 Å². The average molecular weight is 292 g/mol. The SMILES string of the molecule is COc1ccc(S(=O)(=O)c2ccc(O)cc2C)cc1C. The maximum Gasteiger partial charge on any atom is 0.206 e. The number of phenolic OH excluding ortho intramolecular Hbond substituents is 1. The third kappa shape index (κ3) is 2.49. The molecule has 0 fully saturated rings. The summed E-state index contributed by atoms with van der Waals surface area (Å²) in [7, 11) is -2.06. The van der Waals surface area contributed by atoms with Gasteiger partial charge in [-0.25, -0.2) is 8.42 Å². The van der Waals surface area contributed by atoms with E-state index in [9.17, 15) is 13.5 Å². The van der Waals surface area contributed by atoms with Crippen molar-refractivity contribution in [3.8, 4) is 11.5 Å². The highest BCUT2D eigenvalue weighted by atomic mass is 32.2. The lowest BCUT2D eigenvalue weighted by Gasteiger charge is -2.10. The van der Waals surface area contributed by atoms with Crippen LogP contribution in [-0.4, -0.2) is 20.6 Å². The molecule has 2 aromatic rings. The lowest BCUT2D eigenvalue weighted by Crippen LogP contribution is -2.04. The van der Waals surface area contributed by atoms with Gasteiger partial charge in [-0.15, -0.1) is 0 Å². The van der Waals surface area contributed by atoms with Gasteiger partial charge in [-0.05, 0) is 61.4 Å². The number of phenols is 1. The molecule has 0 unspecified atom stereocenters. The van der Waals surface area contributed by atoms with E-state index in [1.807, 2.05) is 0 Å². The zero-order chi connectivity index (χ0) is 14.9. The molecule has 1 N–H and O–H groups in total. The van der Waals surface area contributed by atoms with E-state index in [1.54, 1.807) is 33.1 Å². The highest BCUT2D eigenvalue weighted by Crippen LogP contribution is 2.29. The van der Waals surface area contributed by atoms with Gasteiger partial charge >= 0.3 is 0 Å². The van der Waals surface area contributed by atoms with Crippen LogP contribution in [0.1, 0.15) is 11.1 Å². The van der Waals surface area contributed by atoms with Crippen LogP contribution >= 0.6 is 0 Å². The Morgan fingerprint density at radius 2 is 1.70 bits per heavy atom. The summed E-state index contributed by atoms with van der Waals surface area (Å²) >= 11 is 0. The maximum atomic E-state index is 12.6. The molecular weight excluding hydrogens is 276 g/mol. The minimum atomic E-state index is -3.60. The molecule has 0 bridgehead atoms. The molecule has 0 saturated heterocycles. The Labute approximate surface area is 118 Å². The molecule has 0 aromatic heterocycles. The predicted octanol–water partition coefficient (Wildman–Crippen LogP) is 2.85. The van der Waals surface area contributed by atoms with Gasteiger partial charge in [-0.1, -0.05) is 0 Å². The third-order valence-electron chi connectivity index (χ3n) is 3.12. The molecule has 0 atom stereocenters. The molecule has 20 heavy (non-hydrogen) atoms. The molecule has 2 rings (SSSR count). The molecule has 0 aliphatic rings. The second-order valence-electron chi connectivity index (χ2n) is 4.58. The van der Waals surface area contributed by atoms with E-state index in [-0.39, 0.29) is 15.5 Å². The standard InChI is InChI=1S/C15H16O4S/c1-10-9-13(5-6-14(10)19-3)20(17,18)15-7-4-12(16)8-11(15)2/h4-9,16H,1-3H3. The van der Waals surface area contributed by atoms with E-state index < -0.39 is 9.84 Å². The topological polar surface area (TPSA) is 63.6 Å². The molecule has 4 nitrogen and oxygen atoms in total. The molecule has 0 aliphatic carbocycles. The van der Waals surface area contributed by atoms with Crippen molar-refractivity contribution in [2.24, 2.45) is 0 Å². The number of aromatic hydroxyl groups is 1. The van der Waals surface area contributed by atoms with Crippen LogP contribution < -0.4 is 4.74 Å². The first-order valence-electron chi connectivity index (χ1n) is 6.05. The monoisotopic (exact) mass is 292 g/mol. The lowest BCUT2D eigenvalue weighted by molar-refractivity contribution is 0.411. The number of sulfone groups is 1. The predicted molar refractivity (Wildman–Crippen MR) is 76.0 cm³/mol. The van der Waals surface area contributed by atoms with Crippen molar-refractivity contribution in [3.63, 3.8) is 0 Å². The van der Waals surface area contributed by atoms with Gasteiger partial charge in [0.1, 0.15) is 11.5 Å². The molecule has 5 heteroatoms. The summed E-state index contributed by atoms with van der Waals surface area (Å²) in [5.41, 5.74) is 1.27. The quantitative estimate of drug-likeness (QED) is 0.945. The highest BCUT2D eigenvalue weighted by molar-refractivity contribution is 7.91. The largest absolute Gasteiger partial charge is 0.508 e. The zero-order valence-corrected chi connectivity index (χ0v) is 12.4. The van der Waals surface area contributed by atoms with E-state index in [0.717, 1.165) is 5.56 Å². The van der Waals surface area contributed by atoms with E-state index in [0.29, 0.717) is 11.3 Å². The summed E-state index contributed by atoms with van der Waals surface area (Å²) in [6, 6.07) is 8.96. The Balaban J connectivity index is 2.58. The van der Waals surface area contributed by atoms with Crippen LogP contribution in [0.5, 0.6) is 11.5 Å². The summed E-state index contributed by atoms with van der Waals surface area (Å²) in [5, 5.41) is 9.37. The molecule has 106 valence electrons. The van der Waals surface area contributed by atoms with Crippen LogP contribution in [0.15, 0.2) is 46.2 Å². The Morgan fingerprint density at radius 3 is 2.25 bits per heavy atom. The first kappa shape index (κ1) is 14.4. The smallest absolute Gasteiger partial charge is 0.206 e. The van der Waals surface area contributed by atoms with E-state index in [4.69, 9.17) is 4.74 Å². The summed E-state index contributed by atoms with van der Waals surface area (Å²) in [5.74, 6) is 0.693. The Hall–Kier alpha value is -2.01. The Kier molecular flexibility index (Phi) is 3.72. The molecule has 0 amide bonds. The number of hydrogen-bond donors (Lipinski definition) is 1. The first-order valence-corrected chi connectivity index (χ1v) is 7.54. The summed E-state index contributed by atoms with van der Waals surface area (Å²) < 4.78 is 30.3. The Morgan fingerprint density at radius 1 is 1.00 bits per heavy atom. The van der Waals surface area contributed by atoms with Crippen molar-refractivity contribution in [2.45, 2.75) is 23.6 Å². The van der Waals surface area contributed by atoms with Crippen LogP contribution in [0.4, 0.5) is 0 Å². The van der Waals surface area contributed by atoms with E-state index in [1.165, 1.54) is 24.3 Å².